The number of nitrogens with one attached hydrogen (secondary N) is 1. The van der Waals surface area contributed by atoms with E-state index in [2.05, 4.69) is 23.8 Å². The maximum Gasteiger partial charge on any atom is 0.108 e. The summed E-state index contributed by atoms with van der Waals surface area (Å²) in [7, 11) is 0. The number of hydrogen-bond donors (Lipinski definition) is 2. The zero-order chi connectivity index (χ0) is 10.2. The van der Waals surface area contributed by atoms with Crippen molar-refractivity contribution in [2.24, 2.45) is 5.41 Å². The summed E-state index contributed by atoms with van der Waals surface area (Å²) in [6.45, 7) is 4.28. The van der Waals surface area contributed by atoms with Gasteiger partial charge in [-0.15, -0.1) is 0 Å². The Morgan fingerprint density at radius 3 is 2.79 bits per heavy atom. The van der Waals surface area contributed by atoms with Crippen LogP contribution < -0.4 is 0 Å². The minimum atomic E-state index is -0.579. The Morgan fingerprint density at radius 1 is 1.50 bits per heavy atom. The molecule has 2 N–H and O–H groups in total. The van der Waals surface area contributed by atoms with E-state index in [9.17, 15) is 5.11 Å². The smallest absolute Gasteiger partial charge is 0.108 e. The van der Waals surface area contributed by atoms with Crippen LogP contribution in [0, 0.1) is 5.41 Å². The van der Waals surface area contributed by atoms with Crippen molar-refractivity contribution in [3.05, 3.63) is 18.2 Å². The van der Waals surface area contributed by atoms with Gasteiger partial charge in [0, 0.05) is 18.8 Å². The van der Waals surface area contributed by atoms with Crippen LogP contribution in [0.25, 0.3) is 0 Å². The Morgan fingerprint density at radius 2 is 2.29 bits per heavy atom. The second-order valence-corrected chi connectivity index (χ2v) is 4.98. The fraction of sp³-hybridized carbons (Fsp3) is 0.727. The summed E-state index contributed by atoms with van der Waals surface area (Å²) >= 11 is 0. The highest BCUT2D eigenvalue weighted by Crippen LogP contribution is 2.47. The molecular formula is C11H18N2O. The largest absolute Gasteiger partial charge is 0.389 e. The molecule has 1 atom stereocenters. The van der Waals surface area contributed by atoms with Gasteiger partial charge < -0.3 is 10.1 Å². The van der Waals surface area contributed by atoms with Gasteiger partial charge in [-0.1, -0.05) is 13.8 Å². The van der Waals surface area contributed by atoms with Gasteiger partial charge in [0.05, 0.1) is 5.60 Å². The Balaban J connectivity index is 2.17. The second kappa shape index (κ2) is 3.09. The van der Waals surface area contributed by atoms with Gasteiger partial charge in [0.2, 0.25) is 0 Å². The van der Waals surface area contributed by atoms with Crippen LogP contribution in [0.4, 0.5) is 0 Å². The molecule has 1 unspecified atom stereocenters. The highest BCUT2D eigenvalue weighted by atomic mass is 16.3. The van der Waals surface area contributed by atoms with Crippen molar-refractivity contribution >= 4 is 0 Å². The molecule has 3 heteroatoms. The van der Waals surface area contributed by atoms with E-state index in [-0.39, 0.29) is 5.41 Å². The van der Waals surface area contributed by atoms with E-state index >= 15 is 0 Å². The average Bonchev–Trinajstić information content (AvgIpc) is 2.63. The van der Waals surface area contributed by atoms with Crippen molar-refractivity contribution in [2.75, 3.05) is 0 Å². The molecule has 0 bridgehead atoms. The molecular weight excluding hydrogens is 176 g/mol. The summed E-state index contributed by atoms with van der Waals surface area (Å²) in [4.78, 5) is 7.23. The lowest BCUT2D eigenvalue weighted by molar-refractivity contribution is -0.0433. The first-order valence-electron chi connectivity index (χ1n) is 5.24. The summed E-state index contributed by atoms with van der Waals surface area (Å²) in [6.07, 6.45) is 7.30. The summed E-state index contributed by atoms with van der Waals surface area (Å²) in [5.41, 5.74) is -0.565. The maximum atomic E-state index is 10.5. The van der Waals surface area contributed by atoms with Gasteiger partial charge in [-0.2, -0.15) is 0 Å². The molecule has 14 heavy (non-hydrogen) atoms. The van der Waals surface area contributed by atoms with Crippen LogP contribution in [-0.4, -0.2) is 20.7 Å². The minimum Gasteiger partial charge on any atom is -0.389 e. The molecule has 1 heterocycles. The zero-order valence-electron chi connectivity index (χ0n) is 8.88. The molecule has 1 aliphatic carbocycles. The van der Waals surface area contributed by atoms with E-state index in [1.165, 1.54) is 0 Å². The van der Waals surface area contributed by atoms with Crippen LogP contribution in [0.15, 0.2) is 12.4 Å². The van der Waals surface area contributed by atoms with E-state index in [0.717, 1.165) is 25.1 Å². The number of aromatic amines is 1. The molecule has 0 aromatic carbocycles. The summed E-state index contributed by atoms with van der Waals surface area (Å²) in [5, 5.41) is 10.5. The standard InChI is InChI=1S/C11H18N2O/c1-10(2)4-3-5-11(10,14)8-9-12-6-7-13-9/h6-7,14H,3-5,8H2,1-2H3,(H,12,13). The lowest BCUT2D eigenvalue weighted by Crippen LogP contribution is -2.42. The first-order valence-corrected chi connectivity index (χ1v) is 5.24. The molecule has 0 spiro atoms. The van der Waals surface area contributed by atoms with Crippen LogP contribution in [0.2, 0.25) is 0 Å². The molecule has 1 aromatic rings. The van der Waals surface area contributed by atoms with E-state index in [1.54, 1.807) is 12.4 Å². The molecule has 0 radical (unpaired) electrons. The monoisotopic (exact) mass is 194 g/mol. The Kier molecular flexibility index (Phi) is 2.14. The van der Waals surface area contributed by atoms with Crippen LogP contribution in [-0.2, 0) is 6.42 Å². The van der Waals surface area contributed by atoms with Crippen molar-refractivity contribution in [1.29, 1.82) is 0 Å². The number of H-pyrrole nitrogens is 1. The van der Waals surface area contributed by atoms with Gasteiger partial charge in [0.25, 0.3) is 0 Å². The van der Waals surface area contributed by atoms with Crippen molar-refractivity contribution in [1.82, 2.24) is 9.97 Å². The first-order chi connectivity index (χ1) is 6.54. The van der Waals surface area contributed by atoms with Gasteiger partial charge in [0.15, 0.2) is 0 Å². The number of rotatable bonds is 2. The molecule has 1 saturated carbocycles. The number of nitrogens with zero attached hydrogens (tertiary/aromatic N) is 1. The summed E-state index contributed by atoms with van der Waals surface area (Å²) < 4.78 is 0. The maximum absolute atomic E-state index is 10.5. The van der Waals surface area contributed by atoms with Crippen LogP contribution in [0.3, 0.4) is 0 Å². The van der Waals surface area contributed by atoms with E-state index < -0.39 is 5.60 Å². The highest BCUT2D eigenvalue weighted by Gasteiger charge is 2.47. The van der Waals surface area contributed by atoms with E-state index in [0.29, 0.717) is 6.42 Å². The molecule has 1 aromatic heterocycles. The molecule has 0 saturated heterocycles. The molecule has 1 aliphatic rings. The normalized spacial score (nSPS) is 30.8. The van der Waals surface area contributed by atoms with Crippen molar-refractivity contribution in [2.45, 2.75) is 45.1 Å². The summed E-state index contributed by atoms with van der Waals surface area (Å²) in [6, 6.07) is 0. The molecule has 0 aliphatic heterocycles. The van der Waals surface area contributed by atoms with E-state index in [1.807, 2.05) is 0 Å². The van der Waals surface area contributed by atoms with Gasteiger partial charge in [-0.25, -0.2) is 4.98 Å². The predicted octanol–water partition coefficient (Wildman–Crippen LogP) is 1.89. The van der Waals surface area contributed by atoms with Gasteiger partial charge in [0.1, 0.15) is 5.82 Å². The molecule has 0 amide bonds. The van der Waals surface area contributed by atoms with Crippen molar-refractivity contribution in [3.63, 3.8) is 0 Å². The topological polar surface area (TPSA) is 48.9 Å². The Bertz CT molecular complexity index is 305. The van der Waals surface area contributed by atoms with Gasteiger partial charge in [-0.3, -0.25) is 0 Å². The van der Waals surface area contributed by atoms with Crippen LogP contribution >= 0.6 is 0 Å². The predicted molar refractivity (Wildman–Crippen MR) is 54.9 cm³/mol. The third kappa shape index (κ3) is 1.46. The lowest BCUT2D eigenvalue weighted by atomic mass is 9.76. The zero-order valence-corrected chi connectivity index (χ0v) is 8.88. The quantitative estimate of drug-likeness (QED) is 0.755. The molecule has 3 nitrogen and oxygen atoms in total. The second-order valence-electron chi connectivity index (χ2n) is 4.98. The SMILES string of the molecule is CC1(C)CCCC1(O)Cc1ncc[nH]1. The third-order valence-electron chi connectivity index (χ3n) is 3.67. The average molecular weight is 194 g/mol. The van der Waals surface area contributed by atoms with Gasteiger partial charge >= 0.3 is 0 Å². The fourth-order valence-corrected chi connectivity index (χ4v) is 2.39. The Labute approximate surface area is 84.6 Å². The summed E-state index contributed by atoms with van der Waals surface area (Å²) in [5.74, 6) is 0.891. The van der Waals surface area contributed by atoms with Gasteiger partial charge in [-0.05, 0) is 24.7 Å². The Hall–Kier alpha value is -0.830. The molecule has 1 fully saturated rings. The number of aromatic nitrogens is 2. The van der Waals surface area contributed by atoms with Crippen LogP contribution in [0.5, 0.6) is 0 Å². The van der Waals surface area contributed by atoms with Crippen molar-refractivity contribution < 1.29 is 5.11 Å². The van der Waals surface area contributed by atoms with E-state index in [4.69, 9.17) is 0 Å². The molecule has 78 valence electrons. The lowest BCUT2D eigenvalue weighted by Gasteiger charge is -2.36. The molecule has 2 rings (SSSR count). The highest BCUT2D eigenvalue weighted by molar-refractivity contribution is 5.05. The van der Waals surface area contributed by atoms with Crippen LogP contribution in [0.1, 0.15) is 38.9 Å². The van der Waals surface area contributed by atoms with Crippen molar-refractivity contribution in [3.8, 4) is 0 Å². The number of aliphatic hydroxyl groups is 1. The first kappa shape index (κ1) is 9.71. The number of imidazole rings is 1. The minimum absolute atomic E-state index is 0.0137. The number of hydrogen-bond acceptors (Lipinski definition) is 2. The third-order valence-corrected chi connectivity index (χ3v) is 3.67. The fourth-order valence-electron chi connectivity index (χ4n) is 2.39.